The number of fused-ring (bicyclic) bond motifs is 1. The van der Waals surface area contributed by atoms with E-state index in [1.807, 2.05) is 6.07 Å². The molecular formula is C8H9NOS. The highest BCUT2D eigenvalue weighted by molar-refractivity contribution is 7.97. The van der Waals surface area contributed by atoms with Crippen LogP contribution in [0.25, 0.3) is 0 Å². The normalized spacial score (nSPS) is 14.6. The first-order chi connectivity index (χ1) is 5.40. The molecule has 0 bridgehead atoms. The number of hydrogen-bond donors (Lipinski definition) is 1. The average Bonchev–Trinajstić information content (AvgIpc) is 2.50. The lowest BCUT2D eigenvalue weighted by atomic mass is 10.2. The van der Waals surface area contributed by atoms with E-state index in [0.717, 1.165) is 12.3 Å². The zero-order valence-corrected chi connectivity index (χ0v) is 7.07. The Bertz CT molecular complexity index is 275. The van der Waals surface area contributed by atoms with Crippen molar-refractivity contribution in [2.45, 2.75) is 11.4 Å². The molecule has 3 heteroatoms. The highest BCUT2D eigenvalue weighted by Crippen LogP contribution is 2.29. The van der Waals surface area contributed by atoms with Gasteiger partial charge in [-0.05, 0) is 35.7 Å². The summed E-state index contributed by atoms with van der Waals surface area (Å²) in [6.45, 7) is 0.942. The van der Waals surface area contributed by atoms with Crippen molar-refractivity contribution in [3.63, 3.8) is 0 Å². The molecule has 0 atom stereocenters. The van der Waals surface area contributed by atoms with Crippen molar-refractivity contribution in [1.29, 1.82) is 0 Å². The molecule has 2 nitrogen and oxygen atoms in total. The molecule has 0 saturated carbocycles. The van der Waals surface area contributed by atoms with E-state index >= 15 is 0 Å². The van der Waals surface area contributed by atoms with Gasteiger partial charge in [0.2, 0.25) is 0 Å². The summed E-state index contributed by atoms with van der Waals surface area (Å²) in [5.41, 5.74) is 1.33. The summed E-state index contributed by atoms with van der Waals surface area (Å²) < 4.78 is 8.30. The minimum absolute atomic E-state index is 0.938. The fraction of sp³-hybridized carbons (Fsp3) is 0.250. The van der Waals surface area contributed by atoms with Gasteiger partial charge in [0.05, 0.1) is 7.11 Å². The molecule has 0 radical (unpaired) electrons. The Kier molecular flexibility index (Phi) is 1.75. The van der Waals surface area contributed by atoms with Crippen LogP contribution in [-0.4, -0.2) is 7.11 Å². The first-order valence-electron chi connectivity index (χ1n) is 3.47. The first-order valence-corrected chi connectivity index (χ1v) is 4.28. The second-order valence-corrected chi connectivity index (χ2v) is 3.33. The second-order valence-electron chi connectivity index (χ2n) is 2.40. The smallest absolute Gasteiger partial charge is 0.119 e. The Balaban J connectivity index is 2.41. The maximum atomic E-state index is 5.10. The van der Waals surface area contributed by atoms with Crippen molar-refractivity contribution in [3.05, 3.63) is 23.8 Å². The minimum atomic E-state index is 0.938. The maximum absolute atomic E-state index is 5.10. The van der Waals surface area contributed by atoms with Crippen LogP contribution in [0.4, 0.5) is 0 Å². The predicted octanol–water partition coefficient (Wildman–Crippen LogP) is 1.81. The van der Waals surface area contributed by atoms with E-state index in [0.29, 0.717) is 0 Å². The maximum Gasteiger partial charge on any atom is 0.119 e. The molecule has 1 aliphatic rings. The van der Waals surface area contributed by atoms with Crippen molar-refractivity contribution in [2.75, 3.05) is 7.11 Å². The molecule has 0 fully saturated rings. The summed E-state index contributed by atoms with van der Waals surface area (Å²) in [7, 11) is 1.69. The van der Waals surface area contributed by atoms with Gasteiger partial charge in [-0.15, -0.1) is 0 Å². The van der Waals surface area contributed by atoms with E-state index in [1.54, 1.807) is 19.1 Å². The molecule has 1 aliphatic heterocycles. The number of nitrogens with one attached hydrogen (secondary N) is 1. The van der Waals surface area contributed by atoms with Gasteiger partial charge in [-0.3, -0.25) is 4.72 Å². The van der Waals surface area contributed by atoms with Crippen LogP contribution >= 0.6 is 11.9 Å². The van der Waals surface area contributed by atoms with Gasteiger partial charge in [0.25, 0.3) is 0 Å². The van der Waals surface area contributed by atoms with Crippen LogP contribution in [0.2, 0.25) is 0 Å². The van der Waals surface area contributed by atoms with E-state index < -0.39 is 0 Å². The van der Waals surface area contributed by atoms with Gasteiger partial charge in [-0.2, -0.15) is 0 Å². The van der Waals surface area contributed by atoms with Gasteiger partial charge in [0, 0.05) is 11.4 Å². The van der Waals surface area contributed by atoms with Gasteiger partial charge in [0.15, 0.2) is 0 Å². The fourth-order valence-corrected chi connectivity index (χ4v) is 1.89. The molecular weight excluding hydrogens is 158 g/mol. The fourth-order valence-electron chi connectivity index (χ4n) is 1.11. The van der Waals surface area contributed by atoms with Crippen molar-refractivity contribution < 1.29 is 4.74 Å². The molecule has 0 saturated heterocycles. The molecule has 58 valence electrons. The molecule has 1 N–H and O–H groups in total. The summed E-state index contributed by atoms with van der Waals surface area (Å²) in [5, 5.41) is 0. The topological polar surface area (TPSA) is 21.3 Å². The predicted molar refractivity (Wildman–Crippen MR) is 45.7 cm³/mol. The molecule has 0 spiro atoms. The zero-order chi connectivity index (χ0) is 7.68. The summed E-state index contributed by atoms with van der Waals surface area (Å²) >= 11 is 1.68. The van der Waals surface area contributed by atoms with E-state index in [-0.39, 0.29) is 0 Å². The lowest BCUT2D eigenvalue weighted by Crippen LogP contribution is -1.92. The van der Waals surface area contributed by atoms with Crippen molar-refractivity contribution in [2.24, 2.45) is 0 Å². The van der Waals surface area contributed by atoms with Gasteiger partial charge in [0.1, 0.15) is 5.75 Å². The van der Waals surface area contributed by atoms with Crippen LogP contribution in [0.3, 0.4) is 0 Å². The van der Waals surface area contributed by atoms with Gasteiger partial charge >= 0.3 is 0 Å². The number of ether oxygens (including phenoxy) is 1. The number of hydrogen-bond acceptors (Lipinski definition) is 3. The van der Waals surface area contributed by atoms with Crippen molar-refractivity contribution >= 4 is 11.9 Å². The summed E-state index contributed by atoms with van der Waals surface area (Å²) in [4.78, 5) is 1.31. The molecule has 0 unspecified atom stereocenters. The first kappa shape index (κ1) is 7.00. The number of methoxy groups -OCH3 is 1. The third-order valence-corrected chi connectivity index (χ3v) is 2.62. The summed E-state index contributed by atoms with van der Waals surface area (Å²) in [6.07, 6.45) is 0. The number of rotatable bonds is 1. The highest BCUT2D eigenvalue weighted by atomic mass is 32.2. The van der Waals surface area contributed by atoms with Crippen molar-refractivity contribution in [1.82, 2.24) is 4.72 Å². The highest BCUT2D eigenvalue weighted by Gasteiger charge is 2.10. The van der Waals surface area contributed by atoms with Gasteiger partial charge in [-0.25, -0.2) is 0 Å². The average molecular weight is 167 g/mol. The summed E-state index contributed by atoms with van der Waals surface area (Å²) in [6, 6.07) is 6.14. The third-order valence-electron chi connectivity index (χ3n) is 1.71. The van der Waals surface area contributed by atoms with Crippen molar-refractivity contribution in [3.8, 4) is 5.75 Å². The largest absolute Gasteiger partial charge is 0.497 e. The minimum Gasteiger partial charge on any atom is -0.497 e. The molecule has 1 aromatic rings. The Morgan fingerprint density at radius 1 is 1.55 bits per heavy atom. The molecule has 0 aliphatic carbocycles. The van der Waals surface area contributed by atoms with Crippen LogP contribution in [0.1, 0.15) is 5.56 Å². The number of benzene rings is 1. The monoisotopic (exact) mass is 167 g/mol. The molecule has 1 aromatic carbocycles. The summed E-state index contributed by atoms with van der Waals surface area (Å²) in [5.74, 6) is 0.938. The molecule has 0 amide bonds. The standard InChI is InChI=1S/C8H9NOS/c1-10-7-2-3-8-6(4-7)5-9-11-8/h2-4,9H,5H2,1H3. The van der Waals surface area contributed by atoms with Crippen LogP contribution in [0.15, 0.2) is 23.1 Å². The Morgan fingerprint density at radius 3 is 3.27 bits per heavy atom. The van der Waals surface area contributed by atoms with Crippen LogP contribution < -0.4 is 9.46 Å². The zero-order valence-electron chi connectivity index (χ0n) is 6.26. The van der Waals surface area contributed by atoms with Gasteiger partial charge in [-0.1, -0.05) is 0 Å². The SMILES string of the molecule is COc1ccc2c(c1)CNS2. The van der Waals surface area contributed by atoms with Crippen LogP contribution in [0.5, 0.6) is 5.75 Å². The molecule has 2 rings (SSSR count). The lowest BCUT2D eigenvalue weighted by Gasteiger charge is -2.00. The third kappa shape index (κ3) is 1.21. The molecule has 0 aromatic heterocycles. The second kappa shape index (κ2) is 2.75. The van der Waals surface area contributed by atoms with E-state index in [1.165, 1.54) is 10.5 Å². The quantitative estimate of drug-likeness (QED) is 0.644. The van der Waals surface area contributed by atoms with E-state index in [4.69, 9.17) is 4.74 Å². The Morgan fingerprint density at radius 2 is 2.45 bits per heavy atom. The molecule has 1 heterocycles. The van der Waals surface area contributed by atoms with Crippen LogP contribution in [0, 0.1) is 0 Å². The Labute approximate surface area is 70.1 Å². The van der Waals surface area contributed by atoms with Gasteiger partial charge < -0.3 is 4.74 Å². The lowest BCUT2D eigenvalue weighted by molar-refractivity contribution is 0.414. The van der Waals surface area contributed by atoms with E-state index in [9.17, 15) is 0 Å². The van der Waals surface area contributed by atoms with E-state index in [2.05, 4.69) is 16.9 Å². The molecule has 11 heavy (non-hydrogen) atoms. The Hall–Kier alpha value is -0.670. The van der Waals surface area contributed by atoms with Crippen LogP contribution in [-0.2, 0) is 6.54 Å².